The van der Waals surface area contributed by atoms with E-state index in [0.717, 1.165) is 25.7 Å². The molecular weight excluding hydrogens is 376 g/mol. The van der Waals surface area contributed by atoms with Gasteiger partial charge in [0.15, 0.2) is 0 Å². The summed E-state index contributed by atoms with van der Waals surface area (Å²) in [4.78, 5) is 12.7. The zero-order chi connectivity index (χ0) is 14.7. The number of piperidine rings is 1. The summed E-state index contributed by atoms with van der Waals surface area (Å²) in [6.07, 6.45) is 3.76. The highest BCUT2D eigenvalue weighted by Gasteiger charge is 2.28. The lowest BCUT2D eigenvalue weighted by Crippen LogP contribution is -2.41. The summed E-state index contributed by atoms with van der Waals surface area (Å²) in [7, 11) is 0. The van der Waals surface area contributed by atoms with Crippen LogP contribution in [0.2, 0.25) is 0 Å². The Bertz CT molecular complexity index is 511. The van der Waals surface area contributed by atoms with Crippen LogP contribution in [-0.2, 0) is 0 Å². The highest BCUT2D eigenvalue weighted by atomic mass is 127. The van der Waals surface area contributed by atoms with Gasteiger partial charge in [0.1, 0.15) is 11.5 Å². The van der Waals surface area contributed by atoms with Gasteiger partial charge in [-0.15, -0.1) is 0 Å². The first-order valence-electron chi connectivity index (χ1n) is 6.64. The molecule has 0 bridgehead atoms. The molecule has 2 N–H and O–H groups in total. The molecule has 7 heteroatoms. The van der Waals surface area contributed by atoms with Crippen LogP contribution in [0, 0.1) is 19.5 Å². The van der Waals surface area contributed by atoms with Gasteiger partial charge in [-0.1, -0.05) is 0 Å². The first-order valence-corrected chi connectivity index (χ1v) is 7.72. The van der Waals surface area contributed by atoms with Crippen LogP contribution in [0.3, 0.4) is 0 Å². The summed E-state index contributed by atoms with van der Waals surface area (Å²) in [5, 5.41) is 11.2. The fourth-order valence-corrected chi connectivity index (χ4v) is 3.16. The first-order chi connectivity index (χ1) is 9.54. The summed E-state index contributed by atoms with van der Waals surface area (Å²) in [5.74, 6) is -0.414. The van der Waals surface area contributed by atoms with E-state index in [2.05, 4.69) is 0 Å². The van der Waals surface area contributed by atoms with Crippen LogP contribution in [0.1, 0.15) is 25.7 Å². The van der Waals surface area contributed by atoms with Crippen LogP contribution in [0.4, 0.5) is 15.8 Å². The van der Waals surface area contributed by atoms with E-state index in [-0.39, 0.29) is 15.3 Å². The molecule has 1 heterocycles. The summed E-state index contributed by atoms with van der Waals surface area (Å²) < 4.78 is 14.1. The summed E-state index contributed by atoms with van der Waals surface area (Å²) in [5.41, 5.74) is 5.97. The second kappa shape index (κ2) is 6.66. The molecule has 20 heavy (non-hydrogen) atoms. The van der Waals surface area contributed by atoms with Gasteiger partial charge >= 0.3 is 0 Å². The van der Waals surface area contributed by atoms with Gasteiger partial charge < -0.3 is 10.6 Å². The molecular formula is C13H17FIN3O2. The molecule has 1 atom stereocenters. The number of halogens is 2. The quantitative estimate of drug-likeness (QED) is 0.485. The maximum atomic E-state index is 13.8. The monoisotopic (exact) mass is 393 g/mol. The largest absolute Gasteiger partial charge is 0.363 e. The van der Waals surface area contributed by atoms with Crippen LogP contribution in [-0.4, -0.2) is 24.1 Å². The minimum atomic E-state index is -0.439. The van der Waals surface area contributed by atoms with Crippen molar-refractivity contribution in [3.8, 4) is 0 Å². The van der Waals surface area contributed by atoms with E-state index in [1.807, 2.05) is 4.90 Å². The van der Waals surface area contributed by atoms with Crippen molar-refractivity contribution in [1.82, 2.24) is 0 Å². The average Bonchev–Trinajstić information content (AvgIpc) is 2.42. The molecule has 1 aliphatic heterocycles. The minimum absolute atomic E-state index is 0.0280. The molecule has 0 aromatic heterocycles. The Kier molecular flexibility index (Phi) is 5.14. The van der Waals surface area contributed by atoms with Gasteiger partial charge in [0.05, 0.1) is 8.49 Å². The van der Waals surface area contributed by atoms with Crippen molar-refractivity contribution in [3.63, 3.8) is 0 Å². The minimum Gasteiger partial charge on any atom is -0.363 e. The van der Waals surface area contributed by atoms with Gasteiger partial charge in [-0.3, -0.25) is 10.1 Å². The lowest BCUT2D eigenvalue weighted by Gasteiger charge is -2.37. The molecule has 110 valence electrons. The van der Waals surface area contributed by atoms with E-state index in [1.165, 1.54) is 12.1 Å². The second-order valence-electron chi connectivity index (χ2n) is 4.93. The standard InChI is InChI=1S/C13H17FIN3O2/c14-10-7-12(13(18(19)20)8-11(10)15)17-6-2-1-3-9(17)4-5-16/h7-9H,1-6,16H2. The average molecular weight is 393 g/mol. The van der Waals surface area contributed by atoms with E-state index in [4.69, 9.17) is 5.73 Å². The molecule has 1 unspecified atom stereocenters. The molecule has 0 amide bonds. The number of nitrogens with two attached hydrogens (primary N) is 1. The van der Waals surface area contributed by atoms with Crippen molar-refractivity contribution in [2.24, 2.45) is 5.73 Å². The molecule has 1 fully saturated rings. The predicted octanol–water partition coefficient (Wildman–Crippen LogP) is 3.05. The van der Waals surface area contributed by atoms with E-state index in [9.17, 15) is 14.5 Å². The summed E-state index contributed by atoms with van der Waals surface area (Å²) in [6.45, 7) is 1.24. The van der Waals surface area contributed by atoms with Crippen LogP contribution in [0.25, 0.3) is 0 Å². The fraction of sp³-hybridized carbons (Fsp3) is 0.538. The van der Waals surface area contributed by atoms with Crippen molar-refractivity contribution in [1.29, 1.82) is 0 Å². The van der Waals surface area contributed by atoms with E-state index in [0.29, 0.717) is 18.8 Å². The van der Waals surface area contributed by atoms with Crippen molar-refractivity contribution >= 4 is 34.0 Å². The van der Waals surface area contributed by atoms with Crippen molar-refractivity contribution in [2.75, 3.05) is 18.0 Å². The third-order valence-electron chi connectivity index (χ3n) is 3.65. The third-order valence-corrected chi connectivity index (χ3v) is 4.48. The fourth-order valence-electron chi connectivity index (χ4n) is 2.71. The van der Waals surface area contributed by atoms with Crippen LogP contribution in [0.15, 0.2) is 12.1 Å². The van der Waals surface area contributed by atoms with E-state index < -0.39 is 10.7 Å². The summed E-state index contributed by atoms with van der Waals surface area (Å²) >= 11 is 1.77. The number of nitro groups is 1. The Labute approximate surface area is 130 Å². The normalized spacial score (nSPS) is 19.1. The zero-order valence-corrected chi connectivity index (χ0v) is 13.2. The Hall–Kier alpha value is -0.960. The number of rotatable bonds is 4. The van der Waals surface area contributed by atoms with Gasteiger partial charge in [-0.2, -0.15) is 0 Å². The second-order valence-corrected chi connectivity index (χ2v) is 6.09. The third kappa shape index (κ3) is 3.20. The lowest BCUT2D eigenvalue weighted by atomic mass is 9.98. The number of hydrogen-bond acceptors (Lipinski definition) is 4. The van der Waals surface area contributed by atoms with Crippen LogP contribution >= 0.6 is 22.6 Å². The molecule has 2 rings (SSSR count). The molecule has 1 aromatic carbocycles. The van der Waals surface area contributed by atoms with Crippen molar-refractivity contribution < 1.29 is 9.31 Å². The van der Waals surface area contributed by atoms with E-state index in [1.54, 1.807) is 22.6 Å². The molecule has 0 saturated carbocycles. The molecule has 0 radical (unpaired) electrons. The van der Waals surface area contributed by atoms with Gasteiger partial charge in [-0.25, -0.2) is 4.39 Å². The van der Waals surface area contributed by atoms with Gasteiger partial charge in [0.2, 0.25) is 0 Å². The highest BCUT2D eigenvalue weighted by molar-refractivity contribution is 14.1. The molecule has 5 nitrogen and oxygen atoms in total. The van der Waals surface area contributed by atoms with Crippen molar-refractivity contribution in [3.05, 3.63) is 31.6 Å². The number of benzene rings is 1. The maximum Gasteiger partial charge on any atom is 0.293 e. The Balaban J connectivity index is 2.43. The van der Waals surface area contributed by atoms with Gasteiger partial charge in [0, 0.05) is 24.7 Å². The predicted molar refractivity (Wildman–Crippen MR) is 84.4 cm³/mol. The smallest absolute Gasteiger partial charge is 0.293 e. The SMILES string of the molecule is NCCC1CCCCN1c1cc(F)c(I)cc1[N+](=O)[O-]. The summed E-state index contributed by atoms with van der Waals surface area (Å²) in [6, 6.07) is 2.75. The number of hydrogen-bond donors (Lipinski definition) is 1. The Morgan fingerprint density at radius 3 is 2.90 bits per heavy atom. The molecule has 1 saturated heterocycles. The van der Waals surface area contributed by atoms with Gasteiger partial charge in [0.25, 0.3) is 5.69 Å². The maximum absolute atomic E-state index is 13.8. The number of anilines is 1. The molecule has 1 aliphatic rings. The Morgan fingerprint density at radius 1 is 1.50 bits per heavy atom. The number of nitrogens with zero attached hydrogens (tertiary/aromatic N) is 2. The first kappa shape index (κ1) is 15.4. The van der Waals surface area contributed by atoms with Crippen LogP contribution in [0.5, 0.6) is 0 Å². The lowest BCUT2D eigenvalue weighted by molar-refractivity contribution is -0.384. The zero-order valence-electron chi connectivity index (χ0n) is 11.0. The molecule has 0 aliphatic carbocycles. The van der Waals surface area contributed by atoms with Gasteiger partial charge in [-0.05, 0) is 54.8 Å². The topological polar surface area (TPSA) is 72.4 Å². The molecule has 1 aromatic rings. The molecule has 0 spiro atoms. The Morgan fingerprint density at radius 2 is 2.25 bits per heavy atom. The van der Waals surface area contributed by atoms with E-state index >= 15 is 0 Å². The highest BCUT2D eigenvalue weighted by Crippen LogP contribution is 2.36. The number of nitro benzene ring substituents is 1. The van der Waals surface area contributed by atoms with Crippen molar-refractivity contribution in [2.45, 2.75) is 31.7 Å². The van der Waals surface area contributed by atoms with Crippen LogP contribution < -0.4 is 10.6 Å².